The first-order chi connectivity index (χ1) is 8.04. The first-order valence-electron chi connectivity index (χ1n) is 4.56. The summed E-state index contributed by atoms with van der Waals surface area (Å²) in [6.45, 7) is 0. The van der Waals surface area contributed by atoms with E-state index in [1.54, 1.807) is 0 Å². The van der Waals surface area contributed by atoms with Crippen molar-refractivity contribution in [2.75, 3.05) is 7.11 Å². The van der Waals surface area contributed by atoms with Crippen molar-refractivity contribution in [2.45, 2.75) is 0 Å². The summed E-state index contributed by atoms with van der Waals surface area (Å²) >= 11 is 11.6. The summed E-state index contributed by atoms with van der Waals surface area (Å²) in [6.07, 6.45) is 1.46. The van der Waals surface area contributed by atoms with Crippen LogP contribution in [-0.2, 0) is 4.74 Å². The van der Waals surface area contributed by atoms with Crippen LogP contribution in [0, 0.1) is 3.57 Å². The van der Waals surface area contributed by atoms with Gasteiger partial charge in [0.2, 0.25) is 0 Å². The Kier molecular flexibility index (Phi) is 3.89. The summed E-state index contributed by atoms with van der Waals surface area (Å²) in [5.74, 6) is -0.429. The molecule has 0 aliphatic carbocycles. The molecule has 0 atom stereocenters. The van der Waals surface area contributed by atoms with Crippen LogP contribution in [0.25, 0.3) is 10.9 Å². The van der Waals surface area contributed by atoms with Gasteiger partial charge in [-0.1, -0.05) is 11.6 Å². The Morgan fingerprint density at radius 2 is 2.24 bits per heavy atom. The van der Waals surface area contributed by atoms with Crippen molar-refractivity contribution in [3.8, 4) is 0 Å². The highest BCUT2D eigenvalue weighted by Crippen LogP contribution is 2.32. The highest BCUT2D eigenvalue weighted by atomic mass is 127. The van der Waals surface area contributed by atoms with Crippen LogP contribution >= 0.6 is 50.1 Å². The van der Waals surface area contributed by atoms with Gasteiger partial charge in [0, 0.05) is 19.6 Å². The molecule has 6 heteroatoms. The number of rotatable bonds is 1. The smallest absolute Gasteiger partial charge is 0.340 e. The van der Waals surface area contributed by atoms with Gasteiger partial charge in [-0.25, -0.2) is 4.79 Å². The van der Waals surface area contributed by atoms with E-state index in [2.05, 4.69) is 48.2 Å². The molecule has 1 heterocycles. The van der Waals surface area contributed by atoms with E-state index in [4.69, 9.17) is 11.6 Å². The van der Waals surface area contributed by atoms with Crippen molar-refractivity contribution in [3.05, 3.63) is 37.0 Å². The van der Waals surface area contributed by atoms with Crippen LogP contribution in [0.15, 0.2) is 22.8 Å². The van der Waals surface area contributed by atoms with E-state index < -0.39 is 5.97 Å². The van der Waals surface area contributed by atoms with Gasteiger partial charge in [-0.15, -0.1) is 0 Å². The minimum Gasteiger partial charge on any atom is -0.465 e. The molecule has 0 unspecified atom stereocenters. The summed E-state index contributed by atoms with van der Waals surface area (Å²) in [5.41, 5.74) is 1.05. The zero-order valence-corrected chi connectivity index (χ0v) is 13.1. The van der Waals surface area contributed by atoms with E-state index in [9.17, 15) is 4.79 Å². The third kappa shape index (κ3) is 2.41. The van der Waals surface area contributed by atoms with Gasteiger partial charge in [0.25, 0.3) is 0 Å². The Morgan fingerprint density at radius 3 is 2.88 bits per heavy atom. The zero-order valence-electron chi connectivity index (χ0n) is 8.63. The predicted molar refractivity (Wildman–Crippen MR) is 78.5 cm³/mol. The molecule has 0 radical (unpaired) electrons. The van der Waals surface area contributed by atoms with Crippen LogP contribution in [0.5, 0.6) is 0 Å². The van der Waals surface area contributed by atoms with Crippen molar-refractivity contribution < 1.29 is 9.53 Å². The Hall–Kier alpha value is -0.400. The number of halogens is 3. The second-order valence-electron chi connectivity index (χ2n) is 3.26. The van der Waals surface area contributed by atoms with Gasteiger partial charge in [0.1, 0.15) is 0 Å². The number of ether oxygens (including phenoxy) is 1. The summed E-state index contributed by atoms with van der Waals surface area (Å²) < 4.78 is 6.31. The van der Waals surface area contributed by atoms with Crippen molar-refractivity contribution in [2.24, 2.45) is 0 Å². The third-order valence-corrected chi connectivity index (χ3v) is 3.99. The maximum absolute atomic E-state index is 11.5. The third-order valence-electron chi connectivity index (χ3n) is 2.23. The molecule has 3 nitrogen and oxygen atoms in total. The lowest BCUT2D eigenvalue weighted by molar-refractivity contribution is 0.0599. The number of carbonyl (C=O) groups is 1. The Bertz CT molecular complexity index is 618. The number of fused-ring (bicyclic) bond motifs is 1. The largest absolute Gasteiger partial charge is 0.465 e. The number of benzene rings is 1. The van der Waals surface area contributed by atoms with Gasteiger partial charge in [-0.2, -0.15) is 0 Å². The Balaban J connectivity index is 2.79. The Labute approximate surface area is 125 Å². The van der Waals surface area contributed by atoms with Gasteiger partial charge in [-0.3, -0.25) is 4.98 Å². The molecule has 1 aromatic carbocycles. The molecule has 0 N–H and O–H groups in total. The zero-order chi connectivity index (χ0) is 12.6. The van der Waals surface area contributed by atoms with Crippen LogP contribution in [-0.4, -0.2) is 18.1 Å². The standard InChI is InChI=1S/C11H6BrClINO2/c1-17-11(16)7-4-15-10-6(9(7)12)2-5(14)3-8(10)13/h2-4H,1H3. The first kappa shape index (κ1) is 13.0. The fourth-order valence-electron chi connectivity index (χ4n) is 1.45. The molecule has 0 saturated heterocycles. The molecule has 2 aromatic rings. The van der Waals surface area contributed by atoms with Gasteiger partial charge in [0.05, 0.1) is 23.2 Å². The molecular formula is C11H6BrClINO2. The van der Waals surface area contributed by atoms with E-state index in [1.165, 1.54) is 13.3 Å². The van der Waals surface area contributed by atoms with E-state index >= 15 is 0 Å². The normalized spacial score (nSPS) is 10.6. The average Bonchev–Trinajstić information content (AvgIpc) is 2.29. The molecule has 0 aliphatic rings. The Morgan fingerprint density at radius 1 is 1.53 bits per heavy atom. The lowest BCUT2D eigenvalue weighted by Crippen LogP contribution is -2.03. The lowest BCUT2D eigenvalue weighted by atomic mass is 10.1. The number of hydrogen-bond acceptors (Lipinski definition) is 3. The molecule has 0 fully saturated rings. The van der Waals surface area contributed by atoms with Crippen LogP contribution in [0.1, 0.15) is 10.4 Å². The van der Waals surface area contributed by atoms with Crippen molar-refractivity contribution in [3.63, 3.8) is 0 Å². The molecular weight excluding hydrogens is 420 g/mol. The average molecular weight is 426 g/mol. The van der Waals surface area contributed by atoms with Crippen LogP contribution < -0.4 is 0 Å². The number of hydrogen-bond donors (Lipinski definition) is 0. The quantitative estimate of drug-likeness (QED) is 0.510. The summed E-state index contributed by atoms with van der Waals surface area (Å²) in [7, 11) is 1.33. The van der Waals surface area contributed by atoms with Gasteiger partial charge in [-0.05, 0) is 50.7 Å². The topological polar surface area (TPSA) is 39.2 Å². The number of nitrogens with zero attached hydrogens (tertiary/aromatic N) is 1. The van der Waals surface area contributed by atoms with Crippen LogP contribution in [0.3, 0.4) is 0 Å². The maximum Gasteiger partial charge on any atom is 0.340 e. The molecule has 2 rings (SSSR count). The minimum absolute atomic E-state index is 0.387. The minimum atomic E-state index is -0.429. The van der Waals surface area contributed by atoms with Crippen LogP contribution in [0.2, 0.25) is 5.02 Å². The fourth-order valence-corrected chi connectivity index (χ4v) is 3.09. The summed E-state index contributed by atoms with van der Waals surface area (Å²) in [6, 6.07) is 3.73. The van der Waals surface area contributed by atoms with E-state index in [0.717, 1.165) is 8.96 Å². The molecule has 88 valence electrons. The van der Waals surface area contributed by atoms with E-state index in [0.29, 0.717) is 20.6 Å². The molecule has 0 spiro atoms. The first-order valence-corrected chi connectivity index (χ1v) is 6.81. The summed E-state index contributed by atoms with van der Waals surface area (Å²) in [4.78, 5) is 15.7. The number of methoxy groups -OCH3 is 1. The molecule has 1 aromatic heterocycles. The predicted octanol–water partition coefficient (Wildman–Crippen LogP) is 4.04. The molecule has 0 bridgehead atoms. The van der Waals surface area contributed by atoms with Gasteiger partial charge < -0.3 is 4.74 Å². The molecule has 17 heavy (non-hydrogen) atoms. The van der Waals surface area contributed by atoms with E-state index in [-0.39, 0.29) is 0 Å². The highest BCUT2D eigenvalue weighted by molar-refractivity contribution is 14.1. The second-order valence-corrected chi connectivity index (χ2v) is 5.71. The van der Waals surface area contributed by atoms with Gasteiger partial charge in [0.15, 0.2) is 0 Å². The molecule has 0 aliphatic heterocycles. The van der Waals surface area contributed by atoms with Crippen LogP contribution in [0.4, 0.5) is 0 Å². The number of esters is 1. The number of carbonyl (C=O) groups excluding carboxylic acids is 1. The highest BCUT2D eigenvalue weighted by Gasteiger charge is 2.15. The van der Waals surface area contributed by atoms with Crippen molar-refractivity contribution in [1.82, 2.24) is 4.98 Å². The summed E-state index contributed by atoms with van der Waals surface area (Å²) in [5, 5.41) is 1.36. The monoisotopic (exact) mass is 425 g/mol. The van der Waals surface area contributed by atoms with Crippen molar-refractivity contribution in [1.29, 1.82) is 0 Å². The number of pyridine rings is 1. The lowest BCUT2D eigenvalue weighted by Gasteiger charge is -2.07. The second kappa shape index (κ2) is 5.07. The molecule has 0 saturated carbocycles. The molecule has 0 amide bonds. The van der Waals surface area contributed by atoms with E-state index in [1.807, 2.05) is 12.1 Å². The SMILES string of the molecule is COC(=O)c1cnc2c(Cl)cc(I)cc2c1Br. The number of aromatic nitrogens is 1. The fraction of sp³-hybridized carbons (Fsp3) is 0.0909. The maximum atomic E-state index is 11.5. The van der Waals surface area contributed by atoms with Crippen molar-refractivity contribution >= 4 is 67.0 Å². The van der Waals surface area contributed by atoms with Gasteiger partial charge >= 0.3 is 5.97 Å².